The normalized spacial score (nSPS) is 14.8. The van der Waals surface area contributed by atoms with Crippen LogP contribution in [0.1, 0.15) is 0 Å². The molecular weight excluding hydrogens is 800 g/mol. The first kappa shape index (κ1) is 24.9. The Hall–Kier alpha value is -0.786. The number of benzene rings is 4. The maximum atomic E-state index is 5.36. The molecule has 172 valence electrons. The summed E-state index contributed by atoms with van der Waals surface area (Å²) in [5.41, 5.74) is 5.04. The zero-order chi connectivity index (χ0) is 23.5. The van der Waals surface area contributed by atoms with Crippen LogP contribution < -0.4 is 0 Å². The van der Waals surface area contributed by atoms with Crippen molar-refractivity contribution < 1.29 is 9.66 Å². The molecule has 0 saturated carbocycles. The van der Waals surface area contributed by atoms with Crippen molar-refractivity contribution >= 4 is 104 Å². The second kappa shape index (κ2) is 11.5. The first-order valence-corrected chi connectivity index (χ1v) is 24.4. The number of nitrogens with zero attached hydrogens (tertiary/aromatic N) is 1. The molecule has 1 saturated heterocycles. The molecule has 0 spiro atoms. The molecule has 1 aliphatic rings. The maximum Gasteiger partial charge on any atom is 0.0988 e. The van der Waals surface area contributed by atoms with E-state index in [0.29, 0.717) is 6.10 Å². The monoisotopic (exact) mass is 822 g/mol. The van der Waals surface area contributed by atoms with Gasteiger partial charge < -0.3 is 14.3 Å². The minimum Gasteiger partial charge on any atom is -0.371 e. The third-order valence-corrected chi connectivity index (χ3v) is 5.88. The number of epoxide rings is 1. The molecule has 6 aromatic rings. The van der Waals surface area contributed by atoms with Gasteiger partial charge >= 0.3 is 64.9 Å². The fourth-order valence-corrected chi connectivity index (χ4v) is 4.38. The fourth-order valence-electron chi connectivity index (χ4n) is 4.38. The number of fused-ring (bicyclic) bond motifs is 6. The van der Waals surface area contributed by atoms with Crippen LogP contribution in [-0.4, -0.2) is 22.3 Å². The number of hydrogen-bond donors (Lipinski definition) is 1. The van der Waals surface area contributed by atoms with Crippen molar-refractivity contribution in [3.05, 3.63) is 97.1 Å². The molecule has 1 N–H and O–H groups in total. The van der Waals surface area contributed by atoms with Crippen LogP contribution in [0.3, 0.4) is 0 Å². The molecule has 7 heteroatoms. The van der Waals surface area contributed by atoms with Gasteiger partial charge in [-0.2, -0.15) is 0 Å². The molecule has 7 rings (SSSR count). The maximum absolute atomic E-state index is 5.36. The van der Waals surface area contributed by atoms with Crippen molar-refractivity contribution in [3.63, 3.8) is 0 Å². The summed E-state index contributed by atoms with van der Waals surface area (Å²) in [4.78, 5) is 3.10. The van der Waals surface area contributed by atoms with Crippen molar-refractivity contribution in [2.75, 3.05) is 6.61 Å². The summed E-state index contributed by atoms with van der Waals surface area (Å²) in [5, 5.41) is 5.28. The standard InChI is InChI=1S/C15H13NO.C12H9N.3HI.V/c1-3-7-14-12(5-1)13-6-2-4-8-15(13)16(14)9-11-10-17-11;1-3-7-11-9(5-1)10-6-2-4-8-12(10)13-11;;;;/h1-8,11H,9-10H2;1-8,13H;3*1H;/q;;;;;+3/p-3. The van der Waals surface area contributed by atoms with Gasteiger partial charge in [-0.25, -0.2) is 0 Å². The molecule has 3 nitrogen and oxygen atoms in total. The average molecular weight is 822 g/mol. The third-order valence-electron chi connectivity index (χ3n) is 5.88. The minimum absolute atomic E-state index is 0.278. The summed E-state index contributed by atoms with van der Waals surface area (Å²) in [6, 6.07) is 33.9. The Kier molecular flexibility index (Phi) is 8.43. The molecule has 2 aromatic heterocycles. The van der Waals surface area contributed by atoms with Gasteiger partial charge in [-0.15, -0.1) is 0 Å². The molecule has 4 aromatic carbocycles. The summed E-state index contributed by atoms with van der Waals surface area (Å²) in [6.45, 7) is 1.87. The third kappa shape index (κ3) is 5.78. The van der Waals surface area contributed by atoms with E-state index in [1.807, 2.05) is 0 Å². The van der Waals surface area contributed by atoms with Crippen LogP contribution in [0.4, 0.5) is 0 Å². The topological polar surface area (TPSA) is 33.2 Å². The van der Waals surface area contributed by atoms with Gasteiger partial charge in [0.25, 0.3) is 0 Å². The Labute approximate surface area is 236 Å². The van der Waals surface area contributed by atoms with Crippen LogP contribution in [0, 0.1) is 0 Å². The van der Waals surface area contributed by atoms with Crippen LogP contribution in [0.25, 0.3) is 43.6 Å². The van der Waals surface area contributed by atoms with E-state index in [-0.39, 0.29) is 4.92 Å². The summed E-state index contributed by atoms with van der Waals surface area (Å²) >= 11 is 7.39. The molecule has 0 radical (unpaired) electrons. The van der Waals surface area contributed by atoms with Gasteiger partial charge in [0.1, 0.15) is 0 Å². The first-order chi connectivity index (χ1) is 16.6. The largest absolute Gasteiger partial charge is 0.371 e. The van der Waals surface area contributed by atoms with E-state index in [2.05, 4.69) is 167 Å². The second-order valence-electron chi connectivity index (χ2n) is 8.01. The van der Waals surface area contributed by atoms with E-state index < -0.39 is 0 Å². The Morgan fingerprint density at radius 3 is 1.50 bits per heavy atom. The predicted molar refractivity (Wildman–Crippen MR) is 167 cm³/mol. The number of halogens is 3. The van der Waals surface area contributed by atoms with Crippen molar-refractivity contribution in [3.8, 4) is 0 Å². The zero-order valence-electron chi connectivity index (χ0n) is 18.2. The van der Waals surface area contributed by atoms with Gasteiger partial charge in [-0.05, 0) is 24.3 Å². The number of ether oxygens (including phenoxy) is 1. The molecule has 3 heterocycles. The molecule has 1 unspecified atom stereocenters. The van der Waals surface area contributed by atoms with Crippen molar-refractivity contribution in [2.24, 2.45) is 0 Å². The van der Waals surface area contributed by atoms with Gasteiger partial charge in [0, 0.05) is 43.6 Å². The SMILES string of the molecule is [I][V]([I])[I].c1ccc2c(c1)[nH]c1ccccc12.c1ccc2c(c1)c1ccccc1n2CC1CO1. The molecule has 1 fully saturated rings. The number of hydrogen-bond acceptors (Lipinski definition) is 1. The van der Waals surface area contributed by atoms with E-state index in [0.717, 1.165) is 13.2 Å². The molecule has 0 bridgehead atoms. The zero-order valence-corrected chi connectivity index (χ0v) is 26.0. The van der Waals surface area contributed by atoms with Crippen LogP contribution in [0.2, 0.25) is 0 Å². The Morgan fingerprint density at radius 1 is 0.676 bits per heavy atom. The Bertz CT molecular complexity index is 1450. The number of nitrogens with one attached hydrogen (secondary N) is 1. The molecular formula is C27H22I3N2OV. The van der Waals surface area contributed by atoms with Gasteiger partial charge in [-0.1, -0.05) is 72.8 Å². The Balaban J connectivity index is 0.000000126. The predicted octanol–water partition coefficient (Wildman–Crippen LogP) is 9.17. The van der Waals surface area contributed by atoms with E-state index in [1.165, 1.54) is 43.6 Å². The van der Waals surface area contributed by atoms with Crippen LogP contribution in [-0.2, 0) is 16.2 Å². The molecule has 34 heavy (non-hydrogen) atoms. The number of aromatic amines is 1. The average Bonchev–Trinajstić information content (AvgIpc) is 3.52. The quantitative estimate of drug-likeness (QED) is 0.137. The number of aromatic nitrogens is 2. The van der Waals surface area contributed by atoms with Crippen molar-refractivity contribution in [1.82, 2.24) is 9.55 Å². The summed E-state index contributed by atoms with van der Waals surface area (Å²) in [6.07, 6.45) is 0.411. The fraction of sp³-hybridized carbons (Fsp3) is 0.111. The van der Waals surface area contributed by atoms with Crippen molar-refractivity contribution in [2.45, 2.75) is 12.6 Å². The molecule has 1 atom stereocenters. The number of rotatable bonds is 2. The van der Waals surface area contributed by atoms with E-state index >= 15 is 0 Å². The van der Waals surface area contributed by atoms with Crippen LogP contribution in [0.5, 0.6) is 0 Å². The molecule has 0 aliphatic carbocycles. The van der Waals surface area contributed by atoms with Crippen LogP contribution in [0.15, 0.2) is 97.1 Å². The summed E-state index contributed by atoms with van der Waals surface area (Å²) in [7, 11) is 0. The van der Waals surface area contributed by atoms with E-state index in [4.69, 9.17) is 4.74 Å². The van der Waals surface area contributed by atoms with E-state index in [9.17, 15) is 0 Å². The number of para-hydroxylation sites is 4. The summed E-state index contributed by atoms with van der Waals surface area (Å²) in [5.74, 6) is 0. The van der Waals surface area contributed by atoms with Crippen LogP contribution >= 0.6 is 59.9 Å². The van der Waals surface area contributed by atoms with Gasteiger partial charge in [0.05, 0.1) is 19.3 Å². The molecule has 1 aliphatic heterocycles. The smallest absolute Gasteiger partial charge is 0.0988 e. The first-order valence-electron chi connectivity index (χ1n) is 10.9. The van der Waals surface area contributed by atoms with Gasteiger partial charge in [-0.3, -0.25) is 0 Å². The Morgan fingerprint density at radius 2 is 1.06 bits per heavy atom. The van der Waals surface area contributed by atoms with Crippen molar-refractivity contribution in [1.29, 1.82) is 0 Å². The van der Waals surface area contributed by atoms with Gasteiger partial charge in [0.2, 0.25) is 0 Å². The molecule has 0 amide bonds. The van der Waals surface area contributed by atoms with E-state index in [1.54, 1.807) is 0 Å². The second-order valence-corrected chi connectivity index (χ2v) is 43.4. The summed E-state index contributed by atoms with van der Waals surface area (Å²) < 4.78 is 7.74. The number of H-pyrrole nitrogens is 1. The minimum atomic E-state index is -0.278. The van der Waals surface area contributed by atoms with Gasteiger partial charge in [0.15, 0.2) is 0 Å².